The lowest BCUT2D eigenvalue weighted by molar-refractivity contribution is 0.0697. The minimum absolute atomic E-state index is 0.0274. The molecule has 0 saturated carbocycles. The molecule has 0 saturated heterocycles. The molecule has 1 aromatic rings. The maximum atomic E-state index is 11.7. The van der Waals surface area contributed by atoms with Crippen LogP contribution in [0.25, 0.3) is 0 Å². The van der Waals surface area contributed by atoms with Crippen molar-refractivity contribution < 1.29 is 23.1 Å². The fraction of sp³-hybridized carbons (Fsp3) is 0.500. The number of hydrogen-bond donors (Lipinski definition) is 1. The Morgan fingerprint density at radius 3 is 2.30 bits per heavy atom. The van der Waals surface area contributed by atoms with Gasteiger partial charge in [-0.05, 0) is 36.6 Å². The van der Waals surface area contributed by atoms with Crippen molar-refractivity contribution in [1.82, 2.24) is 0 Å². The van der Waals surface area contributed by atoms with Gasteiger partial charge in [-0.2, -0.15) is 0 Å². The van der Waals surface area contributed by atoms with Crippen molar-refractivity contribution in [1.29, 1.82) is 0 Å². The lowest BCUT2D eigenvalue weighted by Crippen LogP contribution is -2.18. The van der Waals surface area contributed by atoms with E-state index in [1.165, 1.54) is 24.3 Å². The molecule has 0 bridgehead atoms. The highest BCUT2D eigenvalue weighted by Crippen LogP contribution is 2.12. The first-order valence-corrected chi connectivity index (χ1v) is 8.29. The van der Waals surface area contributed by atoms with E-state index >= 15 is 0 Å². The Morgan fingerprint density at radius 2 is 1.80 bits per heavy atom. The van der Waals surface area contributed by atoms with Crippen molar-refractivity contribution in [3.05, 3.63) is 29.8 Å². The number of ether oxygens (including phenoxy) is 1. The molecule has 0 heterocycles. The number of hydrogen-bond acceptors (Lipinski definition) is 4. The number of sulfone groups is 1. The van der Waals surface area contributed by atoms with Gasteiger partial charge >= 0.3 is 5.97 Å². The number of carbonyl (C=O) groups is 1. The first-order chi connectivity index (χ1) is 9.30. The predicted octanol–water partition coefficient (Wildman–Crippen LogP) is 2.22. The summed E-state index contributed by atoms with van der Waals surface area (Å²) >= 11 is 0. The summed E-state index contributed by atoms with van der Waals surface area (Å²) in [6, 6.07) is 5.88. The van der Waals surface area contributed by atoms with Gasteiger partial charge in [-0.3, -0.25) is 0 Å². The molecular formula is C14H20O5S. The third-order valence-electron chi connectivity index (χ3n) is 2.77. The second-order valence-electron chi connectivity index (χ2n) is 5.01. The van der Waals surface area contributed by atoms with Gasteiger partial charge in [0.1, 0.15) is 12.4 Å². The Labute approximate surface area is 119 Å². The van der Waals surface area contributed by atoms with Crippen LogP contribution in [-0.4, -0.2) is 37.6 Å². The van der Waals surface area contributed by atoms with Crippen molar-refractivity contribution in [2.24, 2.45) is 5.92 Å². The molecule has 5 nitrogen and oxygen atoms in total. The predicted molar refractivity (Wildman–Crippen MR) is 77.0 cm³/mol. The van der Waals surface area contributed by atoms with Crippen LogP contribution in [0, 0.1) is 5.92 Å². The largest absolute Gasteiger partial charge is 0.493 e. The van der Waals surface area contributed by atoms with Gasteiger partial charge in [-0.1, -0.05) is 13.8 Å². The fourth-order valence-corrected chi connectivity index (χ4v) is 2.87. The standard InChI is InChI=1S/C14H20O5S/c1-11(2)7-9-20(17,18)10-8-19-13-5-3-12(4-6-13)14(15)16/h3-6,11H,7-10H2,1-2H3,(H,15,16). The average Bonchev–Trinajstić information content (AvgIpc) is 2.37. The van der Waals surface area contributed by atoms with Crippen LogP contribution >= 0.6 is 0 Å². The van der Waals surface area contributed by atoms with E-state index in [-0.39, 0.29) is 23.7 Å². The fourth-order valence-electron chi connectivity index (χ4n) is 1.50. The summed E-state index contributed by atoms with van der Waals surface area (Å²) in [7, 11) is -3.09. The molecule has 1 rings (SSSR count). The Bertz CT molecular complexity index is 531. The zero-order chi connectivity index (χ0) is 15.2. The molecule has 20 heavy (non-hydrogen) atoms. The quantitative estimate of drug-likeness (QED) is 0.796. The van der Waals surface area contributed by atoms with Crippen molar-refractivity contribution in [2.75, 3.05) is 18.1 Å². The van der Waals surface area contributed by atoms with Gasteiger partial charge in [0.15, 0.2) is 9.84 Å². The van der Waals surface area contributed by atoms with Crippen molar-refractivity contribution in [2.45, 2.75) is 20.3 Å². The molecule has 0 aliphatic heterocycles. The molecule has 0 unspecified atom stereocenters. The number of rotatable bonds is 8. The van der Waals surface area contributed by atoms with E-state index in [0.717, 1.165) is 0 Å². The second kappa shape index (κ2) is 7.28. The Hall–Kier alpha value is -1.56. The number of carboxylic acids is 1. The van der Waals surface area contributed by atoms with Gasteiger partial charge < -0.3 is 9.84 Å². The molecule has 0 atom stereocenters. The second-order valence-corrected chi connectivity index (χ2v) is 7.32. The maximum absolute atomic E-state index is 11.7. The van der Waals surface area contributed by atoms with E-state index in [9.17, 15) is 13.2 Å². The summed E-state index contributed by atoms with van der Waals surface area (Å²) < 4.78 is 28.7. The monoisotopic (exact) mass is 300 g/mol. The van der Waals surface area contributed by atoms with Crippen LogP contribution in [0.4, 0.5) is 0 Å². The smallest absolute Gasteiger partial charge is 0.335 e. The van der Waals surface area contributed by atoms with E-state index < -0.39 is 15.8 Å². The number of aromatic carboxylic acids is 1. The lowest BCUT2D eigenvalue weighted by Gasteiger charge is -2.08. The van der Waals surface area contributed by atoms with E-state index in [2.05, 4.69) is 0 Å². The highest BCUT2D eigenvalue weighted by Gasteiger charge is 2.12. The molecule has 0 aliphatic rings. The molecule has 0 fully saturated rings. The third kappa shape index (κ3) is 6.06. The zero-order valence-electron chi connectivity index (χ0n) is 11.7. The minimum Gasteiger partial charge on any atom is -0.493 e. The van der Waals surface area contributed by atoms with Crippen molar-refractivity contribution in [3.8, 4) is 5.75 Å². The summed E-state index contributed by atoms with van der Waals surface area (Å²) in [4.78, 5) is 10.7. The Balaban J connectivity index is 2.42. The van der Waals surface area contributed by atoms with E-state index in [4.69, 9.17) is 9.84 Å². The van der Waals surface area contributed by atoms with Crippen LogP contribution in [0.15, 0.2) is 24.3 Å². The zero-order valence-corrected chi connectivity index (χ0v) is 12.5. The van der Waals surface area contributed by atoms with Crippen LogP contribution in [0.3, 0.4) is 0 Å². The summed E-state index contributed by atoms with van der Waals surface area (Å²) in [5.74, 6) is -0.0389. The topological polar surface area (TPSA) is 80.7 Å². The first kappa shape index (κ1) is 16.5. The molecule has 0 aliphatic carbocycles. The Morgan fingerprint density at radius 1 is 1.20 bits per heavy atom. The summed E-state index contributed by atoms with van der Waals surface area (Å²) in [5, 5.41) is 8.74. The Kier molecular flexibility index (Phi) is 6.01. The van der Waals surface area contributed by atoms with E-state index in [0.29, 0.717) is 18.1 Å². The molecule has 0 aromatic heterocycles. The average molecular weight is 300 g/mol. The first-order valence-electron chi connectivity index (χ1n) is 6.47. The van der Waals surface area contributed by atoms with Gasteiger partial charge in [0.25, 0.3) is 0 Å². The molecule has 0 spiro atoms. The van der Waals surface area contributed by atoms with E-state index in [1.807, 2.05) is 13.8 Å². The SMILES string of the molecule is CC(C)CCS(=O)(=O)CCOc1ccc(C(=O)O)cc1. The molecular weight excluding hydrogens is 280 g/mol. The maximum Gasteiger partial charge on any atom is 0.335 e. The van der Waals surface area contributed by atoms with Crippen LogP contribution in [0.5, 0.6) is 5.75 Å². The van der Waals surface area contributed by atoms with Crippen molar-refractivity contribution >= 4 is 15.8 Å². The highest BCUT2D eigenvalue weighted by atomic mass is 32.2. The molecule has 1 aromatic carbocycles. The molecule has 6 heteroatoms. The summed E-state index contributed by atoms with van der Waals surface area (Å²) in [6.07, 6.45) is 0.648. The lowest BCUT2D eigenvalue weighted by atomic mass is 10.2. The normalized spacial score (nSPS) is 11.6. The number of benzene rings is 1. The molecule has 0 amide bonds. The van der Waals surface area contributed by atoms with Crippen LogP contribution < -0.4 is 4.74 Å². The van der Waals surface area contributed by atoms with Gasteiger partial charge in [-0.15, -0.1) is 0 Å². The van der Waals surface area contributed by atoms with Gasteiger partial charge in [0.2, 0.25) is 0 Å². The summed E-state index contributed by atoms with van der Waals surface area (Å²) in [5.41, 5.74) is 0.168. The van der Waals surface area contributed by atoms with Crippen LogP contribution in [0.1, 0.15) is 30.6 Å². The van der Waals surface area contributed by atoms with E-state index in [1.54, 1.807) is 0 Å². The number of carboxylic acid groups (broad SMARTS) is 1. The van der Waals surface area contributed by atoms with Gasteiger partial charge in [-0.25, -0.2) is 13.2 Å². The highest BCUT2D eigenvalue weighted by molar-refractivity contribution is 7.91. The molecule has 112 valence electrons. The van der Waals surface area contributed by atoms with Crippen LogP contribution in [-0.2, 0) is 9.84 Å². The molecule has 1 N–H and O–H groups in total. The minimum atomic E-state index is -3.09. The van der Waals surface area contributed by atoms with Gasteiger partial charge in [0, 0.05) is 0 Å². The van der Waals surface area contributed by atoms with Gasteiger partial charge in [0.05, 0.1) is 17.1 Å². The third-order valence-corrected chi connectivity index (χ3v) is 4.42. The van der Waals surface area contributed by atoms with Crippen molar-refractivity contribution in [3.63, 3.8) is 0 Å². The molecule has 0 radical (unpaired) electrons. The van der Waals surface area contributed by atoms with Crippen LogP contribution in [0.2, 0.25) is 0 Å². The summed E-state index contributed by atoms with van der Waals surface area (Å²) in [6.45, 7) is 4.04.